The lowest BCUT2D eigenvalue weighted by molar-refractivity contribution is 0.660. The Bertz CT molecular complexity index is 3440. The number of para-hydroxylation sites is 3. The Labute approximate surface area is 375 Å². The van der Waals surface area contributed by atoms with Gasteiger partial charge in [0, 0.05) is 39.1 Å². The van der Waals surface area contributed by atoms with Crippen molar-refractivity contribution in [2.24, 2.45) is 0 Å². The Hall–Kier alpha value is -7.94. The maximum atomic E-state index is 2.53. The number of hydrogen-bond acceptors (Lipinski definition) is 2. The van der Waals surface area contributed by atoms with Gasteiger partial charge < -0.3 is 9.80 Å². The third kappa shape index (κ3) is 4.97. The van der Waals surface area contributed by atoms with Crippen LogP contribution in [-0.2, 0) is 10.8 Å². The average Bonchev–Trinajstić information content (AvgIpc) is 3.91. The van der Waals surface area contributed by atoms with Crippen LogP contribution in [0, 0.1) is 0 Å². The zero-order valence-electron chi connectivity index (χ0n) is 35.8. The van der Waals surface area contributed by atoms with Gasteiger partial charge in [-0.1, -0.05) is 184 Å². The molecule has 0 fully saturated rings. The molecule has 0 aromatic heterocycles. The van der Waals surface area contributed by atoms with Crippen molar-refractivity contribution < 1.29 is 0 Å². The van der Waals surface area contributed by atoms with Crippen LogP contribution >= 0.6 is 0 Å². The van der Waals surface area contributed by atoms with Gasteiger partial charge in [0.2, 0.25) is 0 Å². The second kappa shape index (κ2) is 13.8. The van der Waals surface area contributed by atoms with E-state index >= 15 is 0 Å². The molecular formula is C62H44N2. The molecule has 2 heteroatoms. The fourth-order valence-corrected chi connectivity index (χ4v) is 11.8. The van der Waals surface area contributed by atoms with Crippen LogP contribution in [0.5, 0.6) is 0 Å². The molecule has 0 N–H and O–H groups in total. The Morgan fingerprint density at radius 3 is 1.39 bits per heavy atom. The second-order valence-electron chi connectivity index (χ2n) is 18.0. The summed E-state index contributed by atoms with van der Waals surface area (Å²) in [6, 6.07) is 85.7. The lowest BCUT2D eigenvalue weighted by Crippen LogP contribution is -2.26. The van der Waals surface area contributed by atoms with E-state index in [0.717, 1.165) is 28.4 Å². The van der Waals surface area contributed by atoms with Gasteiger partial charge in [-0.25, -0.2) is 0 Å². The predicted octanol–water partition coefficient (Wildman–Crippen LogP) is 16.4. The highest BCUT2D eigenvalue weighted by Crippen LogP contribution is 2.66. The highest BCUT2D eigenvalue weighted by Gasteiger charge is 2.53. The van der Waals surface area contributed by atoms with Crippen molar-refractivity contribution in [2.45, 2.75) is 24.7 Å². The molecule has 0 amide bonds. The molecule has 1 unspecified atom stereocenters. The van der Waals surface area contributed by atoms with E-state index in [-0.39, 0.29) is 5.41 Å². The van der Waals surface area contributed by atoms with E-state index in [4.69, 9.17) is 0 Å². The van der Waals surface area contributed by atoms with E-state index in [2.05, 4.69) is 254 Å². The summed E-state index contributed by atoms with van der Waals surface area (Å²) in [6.45, 7) is 4.74. The first-order chi connectivity index (χ1) is 31.5. The van der Waals surface area contributed by atoms with Crippen LogP contribution in [0.3, 0.4) is 0 Å². The molecule has 0 heterocycles. The first-order valence-corrected chi connectivity index (χ1v) is 22.4. The molecule has 302 valence electrons. The number of rotatable bonds is 6. The molecule has 64 heavy (non-hydrogen) atoms. The minimum atomic E-state index is -0.577. The van der Waals surface area contributed by atoms with Gasteiger partial charge in [0.25, 0.3) is 0 Å². The monoisotopic (exact) mass is 816 g/mol. The van der Waals surface area contributed by atoms with E-state index in [0.29, 0.717) is 0 Å². The van der Waals surface area contributed by atoms with Crippen LogP contribution in [-0.4, -0.2) is 0 Å². The first kappa shape index (κ1) is 36.7. The van der Waals surface area contributed by atoms with Gasteiger partial charge in [0.05, 0.1) is 16.8 Å². The zero-order valence-corrected chi connectivity index (χ0v) is 35.8. The molecule has 3 aliphatic carbocycles. The fraction of sp³-hybridized carbons (Fsp3) is 0.0645. The quantitative estimate of drug-likeness (QED) is 0.165. The van der Waals surface area contributed by atoms with Gasteiger partial charge in [0.1, 0.15) is 0 Å². The van der Waals surface area contributed by atoms with E-state index in [9.17, 15) is 0 Å². The van der Waals surface area contributed by atoms with E-state index in [1.807, 2.05) is 0 Å². The molecule has 3 aliphatic rings. The van der Waals surface area contributed by atoms with E-state index in [1.54, 1.807) is 0 Å². The molecular weight excluding hydrogens is 773 g/mol. The van der Waals surface area contributed by atoms with Crippen molar-refractivity contribution in [3.8, 4) is 33.4 Å². The second-order valence-corrected chi connectivity index (χ2v) is 18.0. The Kier molecular flexibility index (Phi) is 7.90. The zero-order chi connectivity index (χ0) is 42.6. The van der Waals surface area contributed by atoms with Gasteiger partial charge in [-0.15, -0.1) is 0 Å². The Balaban J connectivity index is 1.11. The summed E-state index contributed by atoms with van der Waals surface area (Å²) in [6.07, 6.45) is 0. The number of benzene rings is 10. The molecule has 2 nitrogen and oxygen atoms in total. The molecule has 10 aromatic carbocycles. The summed E-state index contributed by atoms with van der Waals surface area (Å²) in [5.74, 6) is 0. The van der Waals surface area contributed by atoms with Crippen molar-refractivity contribution in [1.29, 1.82) is 0 Å². The minimum absolute atomic E-state index is 0.123. The third-order valence-corrected chi connectivity index (χ3v) is 14.4. The molecule has 1 atom stereocenters. The van der Waals surface area contributed by atoms with Gasteiger partial charge in [-0.3, -0.25) is 0 Å². The molecule has 0 radical (unpaired) electrons. The SMILES string of the molecule is CC1(C)c2ccccc2-c2c(N(c3ccccc3)c3ccc4c(c3)C3(c5ccccc5-4)c4ccccc4-c4cc(N(c5ccccc5)c5ccccc5)c5ccccc5c43)cccc21. The Morgan fingerprint density at radius 1 is 0.297 bits per heavy atom. The summed E-state index contributed by atoms with van der Waals surface area (Å²) in [4.78, 5) is 4.94. The lowest BCUT2D eigenvalue weighted by Gasteiger charge is -2.34. The summed E-state index contributed by atoms with van der Waals surface area (Å²) >= 11 is 0. The first-order valence-electron chi connectivity index (χ1n) is 22.4. The lowest BCUT2D eigenvalue weighted by atomic mass is 9.69. The number of nitrogens with zero attached hydrogens (tertiary/aromatic N) is 2. The van der Waals surface area contributed by atoms with Gasteiger partial charge in [-0.05, 0) is 127 Å². The normalized spacial score (nSPS) is 15.5. The number of fused-ring (bicyclic) bond motifs is 15. The number of anilines is 6. The molecule has 1 spiro atoms. The summed E-state index contributed by atoms with van der Waals surface area (Å²) in [5.41, 5.74) is 22.0. The van der Waals surface area contributed by atoms with Crippen LogP contribution in [0.2, 0.25) is 0 Å². The highest BCUT2D eigenvalue weighted by molar-refractivity contribution is 6.10. The maximum Gasteiger partial charge on any atom is 0.0732 e. The average molecular weight is 817 g/mol. The van der Waals surface area contributed by atoms with Crippen molar-refractivity contribution in [2.75, 3.05) is 9.80 Å². The maximum absolute atomic E-state index is 2.53. The fourth-order valence-electron chi connectivity index (χ4n) is 11.8. The molecule has 0 bridgehead atoms. The summed E-state index contributed by atoms with van der Waals surface area (Å²) in [5, 5.41) is 2.48. The minimum Gasteiger partial charge on any atom is -0.310 e. The molecule has 0 saturated heterocycles. The standard InChI is InChI=1S/C62H44N2/c1-61(2)52-32-17-16-31-50(52)59-55(61)35-20-36-57(59)64(43-25-10-5-11-26-43)44-37-38-47-45-27-14-18-33-53(45)62(56(47)39-44)54-34-19-15-28-46(54)51-40-58(48-29-12-13-30-49(48)60(51)62)63(41-21-6-3-7-22-41)42-23-8-4-9-24-42/h3-40H,1-2H3. The predicted molar refractivity (Wildman–Crippen MR) is 267 cm³/mol. The van der Waals surface area contributed by atoms with Crippen molar-refractivity contribution >= 4 is 44.9 Å². The molecule has 10 aromatic rings. The van der Waals surface area contributed by atoms with E-state index in [1.165, 1.54) is 83.2 Å². The van der Waals surface area contributed by atoms with Gasteiger partial charge in [-0.2, -0.15) is 0 Å². The van der Waals surface area contributed by atoms with Crippen LogP contribution in [0.15, 0.2) is 231 Å². The van der Waals surface area contributed by atoms with E-state index < -0.39 is 5.41 Å². The molecule has 0 saturated carbocycles. The van der Waals surface area contributed by atoms with Crippen LogP contribution in [0.1, 0.15) is 47.2 Å². The van der Waals surface area contributed by atoms with Crippen LogP contribution < -0.4 is 9.80 Å². The van der Waals surface area contributed by atoms with Crippen molar-refractivity contribution in [3.63, 3.8) is 0 Å². The summed E-state index contributed by atoms with van der Waals surface area (Å²) in [7, 11) is 0. The number of hydrogen-bond donors (Lipinski definition) is 0. The smallest absolute Gasteiger partial charge is 0.0732 e. The van der Waals surface area contributed by atoms with Crippen LogP contribution in [0.25, 0.3) is 44.2 Å². The third-order valence-electron chi connectivity index (χ3n) is 14.4. The van der Waals surface area contributed by atoms with Crippen molar-refractivity contribution in [3.05, 3.63) is 264 Å². The largest absolute Gasteiger partial charge is 0.310 e. The Morgan fingerprint density at radius 2 is 0.766 bits per heavy atom. The summed E-state index contributed by atoms with van der Waals surface area (Å²) < 4.78 is 0. The van der Waals surface area contributed by atoms with Gasteiger partial charge >= 0.3 is 0 Å². The van der Waals surface area contributed by atoms with Crippen molar-refractivity contribution in [1.82, 2.24) is 0 Å². The topological polar surface area (TPSA) is 6.48 Å². The molecule has 0 aliphatic heterocycles. The van der Waals surface area contributed by atoms with Gasteiger partial charge in [0.15, 0.2) is 0 Å². The molecule has 13 rings (SSSR count). The van der Waals surface area contributed by atoms with Crippen LogP contribution in [0.4, 0.5) is 34.1 Å². The highest BCUT2D eigenvalue weighted by atomic mass is 15.2.